The molecular formula is C12H17ClN2O2S. The van der Waals surface area contributed by atoms with Crippen molar-refractivity contribution in [2.75, 3.05) is 13.1 Å². The molecule has 0 aliphatic carbocycles. The van der Waals surface area contributed by atoms with Gasteiger partial charge < -0.3 is 5.73 Å². The van der Waals surface area contributed by atoms with Gasteiger partial charge in [0.05, 0.1) is 5.02 Å². The van der Waals surface area contributed by atoms with Gasteiger partial charge in [0.15, 0.2) is 0 Å². The maximum atomic E-state index is 12.4. The first-order valence-corrected chi connectivity index (χ1v) is 7.75. The molecule has 2 unspecified atom stereocenters. The van der Waals surface area contributed by atoms with Crippen LogP contribution in [0.5, 0.6) is 0 Å². The summed E-state index contributed by atoms with van der Waals surface area (Å²) in [5.41, 5.74) is 5.82. The fraction of sp³-hybridized carbons (Fsp3) is 0.500. The van der Waals surface area contributed by atoms with E-state index in [4.69, 9.17) is 17.3 Å². The monoisotopic (exact) mass is 288 g/mol. The molecule has 2 atom stereocenters. The van der Waals surface area contributed by atoms with Gasteiger partial charge in [-0.05, 0) is 31.4 Å². The highest BCUT2D eigenvalue weighted by Crippen LogP contribution is 2.29. The minimum absolute atomic E-state index is 0.0106. The molecule has 1 aliphatic rings. The zero-order valence-corrected chi connectivity index (χ0v) is 11.8. The Hall–Kier alpha value is -0.620. The second-order valence-corrected chi connectivity index (χ2v) is 7.01. The van der Waals surface area contributed by atoms with Crippen LogP contribution < -0.4 is 5.73 Å². The van der Waals surface area contributed by atoms with Crippen molar-refractivity contribution in [3.8, 4) is 0 Å². The fourth-order valence-corrected chi connectivity index (χ4v) is 4.20. The van der Waals surface area contributed by atoms with Crippen molar-refractivity contribution in [2.24, 2.45) is 11.7 Å². The van der Waals surface area contributed by atoms with Crippen molar-refractivity contribution < 1.29 is 8.42 Å². The quantitative estimate of drug-likeness (QED) is 0.921. The normalized spacial score (nSPS) is 23.2. The first kappa shape index (κ1) is 13.8. The van der Waals surface area contributed by atoms with Crippen LogP contribution in [-0.4, -0.2) is 31.9 Å². The Kier molecular flexibility index (Phi) is 3.96. The van der Waals surface area contributed by atoms with E-state index >= 15 is 0 Å². The number of nitrogens with zero attached hydrogens (tertiary/aromatic N) is 1. The average molecular weight is 289 g/mol. The zero-order valence-electron chi connectivity index (χ0n) is 10.2. The summed E-state index contributed by atoms with van der Waals surface area (Å²) < 4.78 is 26.3. The molecule has 0 spiro atoms. The molecule has 2 rings (SSSR count). The maximum absolute atomic E-state index is 12.4. The molecule has 1 aliphatic heterocycles. The molecule has 1 aromatic carbocycles. The summed E-state index contributed by atoms with van der Waals surface area (Å²) in [5.74, 6) is 0.224. The Morgan fingerprint density at radius 1 is 1.44 bits per heavy atom. The number of nitrogens with two attached hydrogens (primary N) is 1. The van der Waals surface area contributed by atoms with Crippen molar-refractivity contribution in [3.05, 3.63) is 29.3 Å². The highest BCUT2D eigenvalue weighted by molar-refractivity contribution is 7.89. The van der Waals surface area contributed by atoms with Crippen LogP contribution in [0.4, 0.5) is 0 Å². The zero-order chi connectivity index (χ0) is 13.3. The van der Waals surface area contributed by atoms with Crippen LogP contribution in [0.3, 0.4) is 0 Å². The van der Waals surface area contributed by atoms with E-state index in [1.807, 2.05) is 6.92 Å². The molecule has 0 radical (unpaired) electrons. The predicted molar refractivity (Wildman–Crippen MR) is 72.0 cm³/mol. The van der Waals surface area contributed by atoms with Crippen LogP contribution >= 0.6 is 11.6 Å². The fourth-order valence-electron chi connectivity index (χ4n) is 2.19. The second-order valence-electron chi connectivity index (χ2n) is 4.70. The lowest BCUT2D eigenvalue weighted by Crippen LogP contribution is -2.33. The Labute approximate surface area is 113 Å². The lowest BCUT2D eigenvalue weighted by Gasteiger charge is -2.18. The number of hydrogen-bond donors (Lipinski definition) is 1. The van der Waals surface area contributed by atoms with Gasteiger partial charge in [-0.25, -0.2) is 8.42 Å². The van der Waals surface area contributed by atoms with E-state index in [1.165, 1.54) is 10.4 Å². The molecular weight excluding hydrogens is 272 g/mol. The van der Waals surface area contributed by atoms with Crippen LogP contribution in [0.2, 0.25) is 5.02 Å². The van der Waals surface area contributed by atoms with Gasteiger partial charge in [-0.2, -0.15) is 4.31 Å². The van der Waals surface area contributed by atoms with Crippen molar-refractivity contribution in [1.29, 1.82) is 0 Å². The van der Waals surface area contributed by atoms with Crippen LogP contribution in [0.15, 0.2) is 29.2 Å². The van der Waals surface area contributed by atoms with Crippen LogP contribution in [0, 0.1) is 5.92 Å². The van der Waals surface area contributed by atoms with Crippen LogP contribution in [0.25, 0.3) is 0 Å². The summed E-state index contributed by atoms with van der Waals surface area (Å²) in [4.78, 5) is 0.178. The minimum atomic E-state index is -3.49. The summed E-state index contributed by atoms with van der Waals surface area (Å²) >= 11 is 5.96. The first-order valence-electron chi connectivity index (χ1n) is 5.93. The smallest absolute Gasteiger partial charge is 0.244 e. The highest BCUT2D eigenvalue weighted by Gasteiger charge is 2.34. The molecule has 0 bridgehead atoms. The summed E-state index contributed by atoms with van der Waals surface area (Å²) in [6, 6.07) is 6.54. The van der Waals surface area contributed by atoms with Gasteiger partial charge in [0.1, 0.15) is 4.90 Å². The van der Waals surface area contributed by atoms with E-state index in [0.29, 0.717) is 13.1 Å². The van der Waals surface area contributed by atoms with Crippen LogP contribution in [-0.2, 0) is 10.0 Å². The van der Waals surface area contributed by atoms with Gasteiger partial charge in [0.2, 0.25) is 10.0 Å². The first-order chi connectivity index (χ1) is 8.43. The van der Waals surface area contributed by atoms with E-state index < -0.39 is 10.0 Å². The maximum Gasteiger partial charge on any atom is 0.244 e. The highest BCUT2D eigenvalue weighted by atomic mass is 35.5. The summed E-state index contributed by atoms with van der Waals surface area (Å²) in [7, 11) is -3.49. The second kappa shape index (κ2) is 5.17. The standard InChI is InChI=1S/C12H17ClN2O2S/c1-9(14)10-6-7-15(8-10)18(16,17)12-5-3-2-4-11(12)13/h2-5,9-10H,6-8,14H2,1H3. The molecule has 18 heavy (non-hydrogen) atoms. The van der Waals surface area contributed by atoms with Crippen LogP contribution in [0.1, 0.15) is 13.3 Å². The Morgan fingerprint density at radius 3 is 2.67 bits per heavy atom. The third-order valence-electron chi connectivity index (χ3n) is 3.39. The Bertz CT molecular complexity index is 531. The van der Waals surface area contributed by atoms with E-state index in [0.717, 1.165) is 6.42 Å². The van der Waals surface area contributed by atoms with Gasteiger partial charge in [-0.15, -0.1) is 0 Å². The van der Waals surface area contributed by atoms with E-state index in [-0.39, 0.29) is 21.9 Å². The van der Waals surface area contributed by atoms with Gasteiger partial charge in [-0.3, -0.25) is 0 Å². The third kappa shape index (κ3) is 2.54. The molecule has 2 N–H and O–H groups in total. The molecule has 100 valence electrons. The molecule has 0 aromatic heterocycles. The summed E-state index contributed by atoms with van der Waals surface area (Å²) in [6.07, 6.45) is 0.807. The van der Waals surface area contributed by atoms with Crippen molar-refractivity contribution in [2.45, 2.75) is 24.3 Å². The van der Waals surface area contributed by atoms with Gasteiger partial charge in [0.25, 0.3) is 0 Å². The number of sulfonamides is 1. The molecule has 1 fully saturated rings. The van der Waals surface area contributed by atoms with E-state index in [1.54, 1.807) is 18.2 Å². The molecule has 4 nitrogen and oxygen atoms in total. The summed E-state index contributed by atoms with van der Waals surface area (Å²) in [6.45, 7) is 2.90. The number of benzene rings is 1. The third-order valence-corrected chi connectivity index (χ3v) is 5.75. The summed E-state index contributed by atoms with van der Waals surface area (Å²) in [5, 5.41) is 0.266. The predicted octanol–water partition coefficient (Wildman–Crippen LogP) is 1.70. The number of halogens is 1. The molecule has 1 heterocycles. The Balaban J connectivity index is 2.26. The van der Waals surface area contributed by atoms with E-state index in [9.17, 15) is 8.42 Å². The van der Waals surface area contributed by atoms with Gasteiger partial charge >= 0.3 is 0 Å². The number of hydrogen-bond acceptors (Lipinski definition) is 3. The minimum Gasteiger partial charge on any atom is -0.328 e. The van der Waals surface area contributed by atoms with Crippen molar-refractivity contribution in [3.63, 3.8) is 0 Å². The van der Waals surface area contributed by atoms with E-state index in [2.05, 4.69) is 0 Å². The SMILES string of the molecule is CC(N)C1CCN(S(=O)(=O)c2ccccc2Cl)C1. The number of rotatable bonds is 3. The molecule has 0 amide bonds. The van der Waals surface area contributed by atoms with Gasteiger partial charge in [0, 0.05) is 19.1 Å². The lowest BCUT2D eigenvalue weighted by atomic mass is 10.0. The average Bonchev–Trinajstić information content (AvgIpc) is 2.79. The lowest BCUT2D eigenvalue weighted by molar-refractivity contribution is 0.429. The Morgan fingerprint density at radius 2 is 2.11 bits per heavy atom. The molecule has 1 aromatic rings. The van der Waals surface area contributed by atoms with Crippen molar-refractivity contribution in [1.82, 2.24) is 4.31 Å². The molecule has 1 saturated heterocycles. The molecule has 0 saturated carbocycles. The largest absolute Gasteiger partial charge is 0.328 e. The topological polar surface area (TPSA) is 63.4 Å². The van der Waals surface area contributed by atoms with Gasteiger partial charge in [-0.1, -0.05) is 23.7 Å². The molecule has 6 heteroatoms. The van der Waals surface area contributed by atoms with Crippen molar-refractivity contribution >= 4 is 21.6 Å².